The zero-order valence-electron chi connectivity index (χ0n) is 8.17. The lowest BCUT2D eigenvalue weighted by atomic mass is 10.5. The van der Waals surface area contributed by atoms with Gasteiger partial charge < -0.3 is 10.6 Å². The lowest BCUT2D eigenvalue weighted by molar-refractivity contribution is 0.808. The number of aromatic nitrogens is 3. The molecule has 2 rings (SSSR count). The molecule has 0 saturated heterocycles. The summed E-state index contributed by atoms with van der Waals surface area (Å²) in [5.74, 6) is 2.54. The zero-order valence-corrected chi connectivity index (χ0v) is 8.17. The van der Waals surface area contributed by atoms with Crippen molar-refractivity contribution in [2.75, 3.05) is 13.1 Å². The molecule has 0 fully saturated rings. The maximum absolute atomic E-state index is 4.28. The number of guanidine groups is 1. The number of aryl methyl sites for hydroxylation is 1. The van der Waals surface area contributed by atoms with Crippen LogP contribution >= 0.6 is 0 Å². The van der Waals surface area contributed by atoms with Gasteiger partial charge in [-0.1, -0.05) is 6.92 Å². The summed E-state index contributed by atoms with van der Waals surface area (Å²) in [7, 11) is 0. The molecule has 0 radical (unpaired) electrons. The molecule has 6 nitrogen and oxygen atoms in total. The molecule has 6 heteroatoms. The molecule has 0 atom stereocenters. The molecule has 2 heterocycles. The number of aliphatic imine (C=N–C) groups is 1. The van der Waals surface area contributed by atoms with Crippen LogP contribution in [0.1, 0.15) is 18.6 Å². The van der Waals surface area contributed by atoms with Crippen molar-refractivity contribution in [2.24, 2.45) is 4.99 Å². The summed E-state index contributed by atoms with van der Waals surface area (Å²) in [6, 6.07) is 0. The second-order valence-corrected chi connectivity index (χ2v) is 3.06. The quantitative estimate of drug-likeness (QED) is 0.601. The second-order valence-electron chi connectivity index (χ2n) is 3.06. The van der Waals surface area contributed by atoms with Gasteiger partial charge in [0.15, 0.2) is 11.8 Å². The first kappa shape index (κ1) is 8.98. The van der Waals surface area contributed by atoms with Crippen LogP contribution in [0, 0.1) is 0 Å². The van der Waals surface area contributed by atoms with E-state index in [0.29, 0.717) is 6.54 Å². The first-order valence-electron chi connectivity index (χ1n) is 4.81. The van der Waals surface area contributed by atoms with Gasteiger partial charge in [-0.15, -0.1) is 0 Å². The van der Waals surface area contributed by atoms with E-state index < -0.39 is 0 Å². The van der Waals surface area contributed by atoms with E-state index in [1.165, 1.54) is 0 Å². The van der Waals surface area contributed by atoms with Crippen LogP contribution in [-0.4, -0.2) is 34.2 Å². The Morgan fingerprint density at radius 2 is 2.43 bits per heavy atom. The fraction of sp³-hybridized carbons (Fsp3) is 0.625. The van der Waals surface area contributed by atoms with Crippen molar-refractivity contribution in [2.45, 2.75) is 19.9 Å². The van der Waals surface area contributed by atoms with Crippen LogP contribution in [0.15, 0.2) is 4.99 Å². The summed E-state index contributed by atoms with van der Waals surface area (Å²) < 4.78 is 0. The summed E-state index contributed by atoms with van der Waals surface area (Å²) in [5, 5.41) is 13.2. The monoisotopic (exact) mass is 194 g/mol. The van der Waals surface area contributed by atoms with E-state index in [2.05, 4.69) is 30.8 Å². The third kappa shape index (κ3) is 2.01. The van der Waals surface area contributed by atoms with Gasteiger partial charge in [0.1, 0.15) is 5.82 Å². The van der Waals surface area contributed by atoms with Crippen LogP contribution in [0.5, 0.6) is 0 Å². The van der Waals surface area contributed by atoms with Gasteiger partial charge in [-0.25, -0.2) is 4.98 Å². The molecule has 0 aromatic carbocycles. The minimum atomic E-state index is 0.638. The van der Waals surface area contributed by atoms with Gasteiger partial charge in [0.2, 0.25) is 0 Å². The summed E-state index contributed by atoms with van der Waals surface area (Å²) >= 11 is 0. The van der Waals surface area contributed by atoms with Gasteiger partial charge in [-0.05, 0) is 0 Å². The highest BCUT2D eigenvalue weighted by Gasteiger charge is 2.05. The molecule has 1 aromatic rings. The predicted molar refractivity (Wildman–Crippen MR) is 52.9 cm³/mol. The van der Waals surface area contributed by atoms with Crippen LogP contribution in [0.4, 0.5) is 0 Å². The Bertz CT molecular complexity index is 328. The lowest BCUT2D eigenvalue weighted by Crippen LogP contribution is -2.33. The van der Waals surface area contributed by atoms with Gasteiger partial charge in [-0.3, -0.25) is 10.1 Å². The second kappa shape index (κ2) is 4.08. The molecule has 3 N–H and O–H groups in total. The summed E-state index contributed by atoms with van der Waals surface area (Å²) in [6.07, 6.45) is 0.857. The summed E-state index contributed by atoms with van der Waals surface area (Å²) in [4.78, 5) is 8.49. The standard InChI is InChI=1S/C8H14N6/c1-2-6-12-7(14-13-6)5-11-8-9-3-4-10-8/h2-5H2,1H3,(H2,9,10,11)(H,12,13,14). The van der Waals surface area contributed by atoms with Gasteiger partial charge in [0, 0.05) is 13.0 Å². The fourth-order valence-electron chi connectivity index (χ4n) is 1.26. The van der Waals surface area contributed by atoms with E-state index in [9.17, 15) is 0 Å². The van der Waals surface area contributed by atoms with Crippen LogP contribution in [-0.2, 0) is 13.0 Å². The SMILES string of the molecule is CCc1n[nH]c(CNC2=NCCN2)n1. The van der Waals surface area contributed by atoms with Gasteiger partial charge >= 0.3 is 0 Å². The molecule has 0 unspecified atom stereocenters. The van der Waals surface area contributed by atoms with Crippen LogP contribution in [0.25, 0.3) is 0 Å². The molecule has 76 valence electrons. The molecule has 0 bridgehead atoms. The summed E-state index contributed by atoms with van der Waals surface area (Å²) in [6.45, 7) is 4.43. The zero-order chi connectivity index (χ0) is 9.80. The number of rotatable bonds is 3. The molecular formula is C8H14N6. The Hall–Kier alpha value is -1.59. The first-order valence-corrected chi connectivity index (χ1v) is 4.81. The Balaban J connectivity index is 1.85. The number of hydrogen-bond acceptors (Lipinski definition) is 5. The maximum Gasteiger partial charge on any atom is 0.191 e. The van der Waals surface area contributed by atoms with E-state index in [0.717, 1.165) is 37.1 Å². The molecule has 0 spiro atoms. The van der Waals surface area contributed by atoms with Crippen LogP contribution < -0.4 is 10.6 Å². The van der Waals surface area contributed by atoms with Crippen molar-refractivity contribution >= 4 is 5.96 Å². The molecule has 1 aliphatic rings. The third-order valence-electron chi connectivity index (χ3n) is 1.99. The molecule has 0 amide bonds. The normalized spacial score (nSPS) is 15.1. The topological polar surface area (TPSA) is 78.0 Å². The van der Waals surface area contributed by atoms with Crippen molar-refractivity contribution in [3.8, 4) is 0 Å². The third-order valence-corrected chi connectivity index (χ3v) is 1.99. The first-order chi connectivity index (χ1) is 6.88. The van der Waals surface area contributed by atoms with Gasteiger partial charge in [0.25, 0.3) is 0 Å². The maximum atomic E-state index is 4.28. The Labute approximate surface area is 82.2 Å². The lowest BCUT2D eigenvalue weighted by Gasteiger charge is -2.02. The van der Waals surface area contributed by atoms with Gasteiger partial charge in [-0.2, -0.15) is 5.10 Å². The van der Waals surface area contributed by atoms with Crippen molar-refractivity contribution in [1.82, 2.24) is 25.8 Å². The molecule has 14 heavy (non-hydrogen) atoms. The van der Waals surface area contributed by atoms with Crippen LogP contribution in [0.3, 0.4) is 0 Å². The highest BCUT2D eigenvalue weighted by molar-refractivity contribution is 5.81. The number of hydrogen-bond donors (Lipinski definition) is 3. The number of nitrogens with one attached hydrogen (secondary N) is 3. The Kier molecular flexibility index (Phi) is 2.62. The highest BCUT2D eigenvalue weighted by atomic mass is 15.3. The Morgan fingerprint density at radius 1 is 1.50 bits per heavy atom. The number of H-pyrrole nitrogens is 1. The van der Waals surface area contributed by atoms with Crippen LogP contribution in [0.2, 0.25) is 0 Å². The predicted octanol–water partition coefficient (Wildman–Crippen LogP) is -0.584. The minimum absolute atomic E-state index is 0.638. The number of aromatic amines is 1. The number of nitrogens with zero attached hydrogens (tertiary/aromatic N) is 3. The molecule has 0 aliphatic carbocycles. The van der Waals surface area contributed by atoms with Crippen molar-refractivity contribution in [3.05, 3.63) is 11.6 Å². The van der Waals surface area contributed by atoms with Crippen molar-refractivity contribution < 1.29 is 0 Å². The average Bonchev–Trinajstić information content (AvgIpc) is 2.86. The summed E-state index contributed by atoms with van der Waals surface area (Å²) in [5.41, 5.74) is 0. The smallest absolute Gasteiger partial charge is 0.191 e. The van der Waals surface area contributed by atoms with Gasteiger partial charge in [0.05, 0.1) is 13.1 Å². The molecule has 1 aliphatic heterocycles. The fourth-order valence-corrected chi connectivity index (χ4v) is 1.26. The largest absolute Gasteiger partial charge is 0.355 e. The van der Waals surface area contributed by atoms with E-state index >= 15 is 0 Å². The average molecular weight is 194 g/mol. The van der Waals surface area contributed by atoms with Crippen molar-refractivity contribution in [3.63, 3.8) is 0 Å². The van der Waals surface area contributed by atoms with E-state index in [4.69, 9.17) is 0 Å². The Morgan fingerprint density at radius 3 is 3.07 bits per heavy atom. The van der Waals surface area contributed by atoms with E-state index in [-0.39, 0.29) is 0 Å². The highest BCUT2D eigenvalue weighted by Crippen LogP contribution is 1.93. The molecule has 0 saturated carbocycles. The van der Waals surface area contributed by atoms with Crippen molar-refractivity contribution in [1.29, 1.82) is 0 Å². The molecular weight excluding hydrogens is 180 g/mol. The molecule has 1 aromatic heterocycles. The van der Waals surface area contributed by atoms with E-state index in [1.54, 1.807) is 0 Å². The minimum Gasteiger partial charge on any atom is -0.355 e. The van der Waals surface area contributed by atoms with E-state index in [1.807, 2.05) is 6.92 Å².